The molecule has 0 aromatic heterocycles. The van der Waals surface area contributed by atoms with E-state index >= 15 is 0 Å². The number of methoxy groups -OCH3 is 1. The number of ketones is 1. The molecule has 0 N–H and O–H groups in total. The molecule has 0 spiro atoms. The highest BCUT2D eigenvalue weighted by atomic mass is 19.1. The molecule has 1 heterocycles. The zero-order valence-corrected chi connectivity index (χ0v) is 20.1. The van der Waals surface area contributed by atoms with Gasteiger partial charge in [0.15, 0.2) is 5.78 Å². The van der Waals surface area contributed by atoms with E-state index in [1.807, 2.05) is 31.2 Å². The molecule has 0 radical (unpaired) electrons. The third-order valence-electron chi connectivity index (χ3n) is 6.59. The van der Waals surface area contributed by atoms with Crippen LogP contribution < -0.4 is 4.74 Å². The van der Waals surface area contributed by atoms with Crippen molar-refractivity contribution >= 4 is 11.8 Å². The molecule has 182 valence electrons. The predicted molar refractivity (Wildman–Crippen MR) is 132 cm³/mol. The lowest BCUT2D eigenvalue weighted by atomic mass is 9.87. The number of ether oxygens (including phenoxy) is 2. The van der Waals surface area contributed by atoms with Crippen molar-refractivity contribution in [1.29, 1.82) is 0 Å². The predicted octanol–water partition coefficient (Wildman–Crippen LogP) is 5.18. The van der Waals surface area contributed by atoms with Crippen LogP contribution in [0.5, 0.6) is 5.75 Å². The Morgan fingerprint density at radius 1 is 1.00 bits per heavy atom. The molecule has 2 atom stereocenters. The summed E-state index contributed by atoms with van der Waals surface area (Å²) in [6, 6.07) is 21.2. The molecular formula is C29H30FNO4. The molecule has 3 aromatic carbocycles. The summed E-state index contributed by atoms with van der Waals surface area (Å²) in [5.41, 5.74) is 3.93. The van der Waals surface area contributed by atoms with Crippen LogP contribution in [0.3, 0.4) is 0 Å². The zero-order valence-electron chi connectivity index (χ0n) is 20.1. The molecule has 6 heteroatoms. The number of benzene rings is 3. The largest absolute Gasteiger partial charge is 0.492 e. The second-order valence-electron chi connectivity index (χ2n) is 8.95. The quantitative estimate of drug-likeness (QED) is 0.399. The topological polar surface area (TPSA) is 55.8 Å². The van der Waals surface area contributed by atoms with Gasteiger partial charge < -0.3 is 9.47 Å². The highest BCUT2D eigenvalue weighted by molar-refractivity contribution is 5.89. The third-order valence-corrected chi connectivity index (χ3v) is 6.59. The normalized spacial score (nSPS) is 16.3. The number of halogens is 1. The van der Waals surface area contributed by atoms with Gasteiger partial charge in [-0.1, -0.05) is 43.3 Å². The molecule has 1 aliphatic rings. The van der Waals surface area contributed by atoms with Crippen LogP contribution in [0.25, 0.3) is 0 Å². The van der Waals surface area contributed by atoms with Crippen molar-refractivity contribution in [2.24, 2.45) is 0 Å². The summed E-state index contributed by atoms with van der Waals surface area (Å²) in [7, 11) is 1.36. The number of nitrogens with zero attached hydrogens (tertiary/aromatic N) is 1. The van der Waals surface area contributed by atoms with E-state index in [1.54, 1.807) is 24.3 Å². The fraction of sp³-hybridized carbons (Fsp3) is 0.310. The minimum atomic E-state index is -0.375. The highest BCUT2D eigenvalue weighted by Crippen LogP contribution is 2.27. The van der Waals surface area contributed by atoms with Gasteiger partial charge in [-0.2, -0.15) is 0 Å². The van der Waals surface area contributed by atoms with Crippen LogP contribution in [0.2, 0.25) is 0 Å². The number of hydrogen-bond donors (Lipinski definition) is 0. The van der Waals surface area contributed by atoms with Crippen LogP contribution >= 0.6 is 0 Å². The van der Waals surface area contributed by atoms with Crippen LogP contribution in [-0.2, 0) is 22.5 Å². The maximum absolute atomic E-state index is 13.5. The molecular weight excluding hydrogens is 445 g/mol. The van der Waals surface area contributed by atoms with Crippen LogP contribution in [0.1, 0.15) is 46.3 Å². The summed E-state index contributed by atoms with van der Waals surface area (Å²) in [4.78, 5) is 27.4. The van der Waals surface area contributed by atoms with Crippen LogP contribution in [0.4, 0.5) is 4.39 Å². The number of fused-ring (bicyclic) bond motifs is 1. The van der Waals surface area contributed by atoms with Gasteiger partial charge in [-0.3, -0.25) is 9.69 Å². The zero-order chi connectivity index (χ0) is 24.8. The Bertz CT molecular complexity index is 1160. The van der Waals surface area contributed by atoms with Gasteiger partial charge in [0.1, 0.15) is 18.2 Å². The van der Waals surface area contributed by atoms with E-state index < -0.39 is 0 Å². The number of carbonyl (C=O) groups excluding carboxylic acids is 2. The van der Waals surface area contributed by atoms with Gasteiger partial charge in [0.25, 0.3) is 0 Å². The molecule has 1 aliphatic heterocycles. The van der Waals surface area contributed by atoms with Gasteiger partial charge >= 0.3 is 5.97 Å². The Kier molecular flexibility index (Phi) is 7.93. The Labute approximate surface area is 205 Å². The van der Waals surface area contributed by atoms with E-state index in [0.29, 0.717) is 43.9 Å². The van der Waals surface area contributed by atoms with Gasteiger partial charge in [-0.25, -0.2) is 9.18 Å². The fourth-order valence-corrected chi connectivity index (χ4v) is 4.56. The van der Waals surface area contributed by atoms with Crippen molar-refractivity contribution in [2.45, 2.75) is 38.3 Å². The number of hydrogen-bond acceptors (Lipinski definition) is 5. The third kappa shape index (κ3) is 6.14. The monoisotopic (exact) mass is 475 g/mol. The lowest BCUT2D eigenvalue weighted by Crippen LogP contribution is -2.47. The van der Waals surface area contributed by atoms with E-state index in [0.717, 1.165) is 5.56 Å². The van der Waals surface area contributed by atoms with Crippen molar-refractivity contribution in [3.63, 3.8) is 0 Å². The Morgan fingerprint density at radius 3 is 2.37 bits per heavy atom. The van der Waals surface area contributed by atoms with Gasteiger partial charge in [-0.15, -0.1) is 0 Å². The molecule has 4 rings (SSSR count). The van der Waals surface area contributed by atoms with Gasteiger partial charge in [-0.05, 0) is 65.4 Å². The summed E-state index contributed by atoms with van der Waals surface area (Å²) in [6.45, 7) is 3.71. The van der Waals surface area contributed by atoms with Crippen LogP contribution in [-0.4, -0.2) is 43.0 Å². The summed E-state index contributed by atoms with van der Waals surface area (Å²) in [5.74, 6) is 0.134. The molecule has 0 unspecified atom stereocenters. The molecule has 5 nitrogen and oxygen atoms in total. The average molecular weight is 476 g/mol. The Balaban J connectivity index is 1.43. The van der Waals surface area contributed by atoms with Gasteiger partial charge in [0.05, 0.1) is 18.7 Å². The number of Topliss-reactive ketones (excluding diaryl/α,β-unsaturated/α-hetero) is 1. The number of rotatable bonds is 9. The van der Waals surface area contributed by atoms with E-state index in [1.165, 1.54) is 30.4 Å². The second-order valence-corrected chi connectivity index (χ2v) is 8.95. The average Bonchev–Trinajstić information content (AvgIpc) is 2.89. The molecule has 0 fully saturated rings. The standard InChI is InChI=1S/C29H30FNO4/c1-20(21-7-9-22(10-8-21)29(33)34-2)17-28(32)27-18-23-5-3-4-6-24(23)19-31(27)15-16-35-26-13-11-25(30)12-14-26/h3-14,20,27H,15-19H2,1-2H3/t20-,27-/m1/s1. The van der Waals surface area contributed by atoms with E-state index in [9.17, 15) is 14.0 Å². The molecule has 35 heavy (non-hydrogen) atoms. The first kappa shape index (κ1) is 24.6. The van der Waals surface area contributed by atoms with Crippen LogP contribution in [0.15, 0.2) is 72.8 Å². The van der Waals surface area contributed by atoms with Gasteiger partial charge in [0.2, 0.25) is 0 Å². The Hall–Kier alpha value is -3.51. The second kappa shape index (κ2) is 11.3. The summed E-state index contributed by atoms with van der Waals surface area (Å²) in [6.07, 6.45) is 1.07. The van der Waals surface area contributed by atoms with E-state index in [2.05, 4.69) is 17.0 Å². The van der Waals surface area contributed by atoms with Crippen molar-refractivity contribution in [1.82, 2.24) is 4.90 Å². The van der Waals surface area contributed by atoms with E-state index in [-0.39, 0.29) is 29.5 Å². The number of esters is 1. The maximum atomic E-state index is 13.5. The first-order chi connectivity index (χ1) is 16.9. The fourth-order valence-electron chi connectivity index (χ4n) is 4.56. The van der Waals surface area contributed by atoms with E-state index in [4.69, 9.17) is 9.47 Å². The van der Waals surface area contributed by atoms with Crippen LogP contribution in [0, 0.1) is 5.82 Å². The summed E-state index contributed by atoms with van der Waals surface area (Å²) >= 11 is 0. The highest BCUT2D eigenvalue weighted by Gasteiger charge is 2.32. The molecule has 0 saturated carbocycles. The minimum Gasteiger partial charge on any atom is -0.492 e. The van der Waals surface area contributed by atoms with Crippen molar-refractivity contribution in [2.75, 3.05) is 20.3 Å². The van der Waals surface area contributed by atoms with Crippen molar-refractivity contribution < 1.29 is 23.5 Å². The lowest BCUT2D eigenvalue weighted by molar-refractivity contribution is -0.125. The Morgan fingerprint density at radius 2 is 1.69 bits per heavy atom. The van der Waals surface area contributed by atoms with Gasteiger partial charge in [0, 0.05) is 19.5 Å². The number of carbonyl (C=O) groups is 2. The SMILES string of the molecule is COC(=O)c1ccc([C@H](C)CC(=O)[C@H]2Cc3ccccc3CN2CCOc2ccc(F)cc2)cc1. The lowest BCUT2D eigenvalue weighted by Gasteiger charge is -2.36. The summed E-state index contributed by atoms with van der Waals surface area (Å²) in [5, 5.41) is 0. The molecule has 0 saturated heterocycles. The minimum absolute atomic E-state index is 0.0173. The molecule has 0 aliphatic carbocycles. The van der Waals surface area contributed by atoms with Crippen molar-refractivity contribution in [3.05, 3.63) is 101 Å². The smallest absolute Gasteiger partial charge is 0.337 e. The summed E-state index contributed by atoms with van der Waals surface area (Å²) < 4.78 is 23.7. The first-order valence-corrected chi connectivity index (χ1v) is 11.8. The van der Waals surface area contributed by atoms with Crippen molar-refractivity contribution in [3.8, 4) is 5.75 Å². The first-order valence-electron chi connectivity index (χ1n) is 11.8. The molecule has 0 amide bonds. The maximum Gasteiger partial charge on any atom is 0.337 e. The molecule has 3 aromatic rings. The molecule has 0 bridgehead atoms.